The summed E-state index contributed by atoms with van der Waals surface area (Å²) in [5, 5.41) is 20.4. The second-order valence-electron chi connectivity index (χ2n) is 2.78. The zero-order chi connectivity index (χ0) is 7.40. The van der Waals surface area contributed by atoms with Gasteiger partial charge < -0.3 is 10.3 Å². The van der Waals surface area contributed by atoms with Gasteiger partial charge in [-0.15, -0.1) is 5.16 Å². The molecule has 1 rings (SSSR count). The molecule has 1 saturated carbocycles. The van der Waals surface area contributed by atoms with E-state index in [1.54, 1.807) is 0 Å². The number of oxime groups is 1. The fraction of sp³-hybridized carbons (Fsp3) is 0.857. The number of hydrogen-bond acceptors (Lipinski definition) is 3. The molecule has 2 atom stereocenters. The maximum absolute atomic E-state index is 9.30. The van der Waals surface area contributed by atoms with Gasteiger partial charge in [-0.05, 0) is 12.8 Å². The Labute approximate surface area is 60.4 Å². The summed E-state index contributed by atoms with van der Waals surface area (Å²) in [6, 6.07) is 0. The molecule has 3 heteroatoms. The Balaban J connectivity index is 2.39. The lowest BCUT2D eigenvalue weighted by Gasteiger charge is -2.23. The van der Waals surface area contributed by atoms with Crippen LogP contribution in [0.4, 0.5) is 0 Å². The maximum atomic E-state index is 9.30. The van der Waals surface area contributed by atoms with Crippen LogP contribution < -0.4 is 0 Å². The van der Waals surface area contributed by atoms with Gasteiger partial charge in [-0.3, -0.25) is 0 Å². The minimum atomic E-state index is -0.287. The zero-order valence-corrected chi connectivity index (χ0v) is 5.90. The summed E-state index contributed by atoms with van der Waals surface area (Å²) in [5.74, 6) is 0.0822. The van der Waals surface area contributed by atoms with E-state index in [-0.39, 0.29) is 12.0 Å². The van der Waals surface area contributed by atoms with E-state index in [2.05, 4.69) is 5.16 Å². The van der Waals surface area contributed by atoms with Crippen LogP contribution in [0.15, 0.2) is 5.16 Å². The molecule has 0 saturated heterocycles. The molecule has 1 aliphatic rings. The number of aliphatic hydroxyl groups excluding tert-OH is 1. The lowest BCUT2D eigenvalue weighted by atomic mass is 9.87. The quantitative estimate of drug-likeness (QED) is 0.327. The minimum Gasteiger partial charge on any atom is -0.411 e. The third-order valence-electron chi connectivity index (χ3n) is 2.04. The van der Waals surface area contributed by atoms with Crippen molar-refractivity contribution in [2.45, 2.75) is 31.8 Å². The Morgan fingerprint density at radius 1 is 1.30 bits per heavy atom. The summed E-state index contributed by atoms with van der Waals surface area (Å²) >= 11 is 0. The summed E-state index contributed by atoms with van der Waals surface area (Å²) in [6.45, 7) is 0. The van der Waals surface area contributed by atoms with E-state index in [9.17, 15) is 5.11 Å². The van der Waals surface area contributed by atoms with Gasteiger partial charge in [-0.25, -0.2) is 0 Å². The summed E-state index contributed by atoms with van der Waals surface area (Å²) in [7, 11) is 0. The molecule has 58 valence electrons. The molecule has 0 heterocycles. The normalized spacial score (nSPS) is 34.9. The average Bonchev–Trinajstić information content (AvgIpc) is 1.94. The van der Waals surface area contributed by atoms with E-state index in [0.29, 0.717) is 0 Å². The first-order chi connectivity index (χ1) is 4.84. The van der Waals surface area contributed by atoms with Crippen LogP contribution in [0.3, 0.4) is 0 Å². The van der Waals surface area contributed by atoms with Crippen molar-refractivity contribution in [3.63, 3.8) is 0 Å². The molecule has 0 amide bonds. The molecule has 0 radical (unpaired) electrons. The number of rotatable bonds is 1. The molecule has 0 bridgehead atoms. The molecule has 2 N–H and O–H groups in total. The van der Waals surface area contributed by atoms with E-state index in [4.69, 9.17) is 5.21 Å². The van der Waals surface area contributed by atoms with Crippen LogP contribution in [0.2, 0.25) is 0 Å². The zero-order valence-electron chi connectivity index (χ0n) is 5.90. The lowest BCUT2D eigenvalue weighted by molar-refractivity contribution is 0.102. The molecule has 3 nitrogen and oxygen atoms in total. The van der Waals surface area contributed by atoms with Crippen molar-refractivity contribution in [1.29, 1.82) is 0 Å². The van der Waals surface area contributed by atoms with E-state index in [1.807, 2.05) is 0 Å². The van der Waals surface area contributed by atoms with Gasteiger partial charge in [0.15, 0.2) is 0 Å². The summed E-state index contributed by atoms with van der Waals surface area (Å²) in [6.07, 6.45) is 5.17. The monoisotopic (exact) mass is 143 g/mol. The van der Waals surface area contributed by atoms with Gasteiger partial charge in [0.05, 0.1) is 6.10 Å². The van der Waals surface area contributed by atoms with Gasteiger partial charge in [0.1, 0.15) is 0 Å². The Kier molecular flexibility index (Phi) is 2.68. The van der Waals surface area contributed by atoms with E-state index in [1.165, 1.54) is 6.21 Å². The molecule has 1 aliphatic carbocycles. The third-order valence-corrected chi connectivity index (χ3v) is 2.04. The van der Waals surface area contributed by atoms with Crippen LogP contribution in [0.25, 0.3) is 0 Å². The van der Waals surface area contributed by atoms with Crippen molar-refractivity contribution in [2.24, 2.45) is 11.1 Å². The van der Waals surface area contributed by atoms with Crippen LogP contribution in [-0.2, 0) is 0 Å². The van der Waals surface area contributed by atoms with Gasteiger partial charge >= 0.3 is 0 Å². The van der Waals surface area contributed by atoms with Crippen LogP contribution in [0, 0.1) is 5.92 Å². The SMILES string of the molecule is ON=CC1CCCCC1O. The second-order valence-corrected chi connectivity index (χ2v) is 2.78. The molecular weight excluding hydrogens is 130 g/mol. The standard InChI is InChI=1S/C7H13NO2/c9-7-4-2-1-3-6(7)5-8-10/h5-7,9-10H,1-4H2. The molecule has 0 aromatic rings. The predicted molar refractivity (Wildman–Crippen MR) is 38.2 cm³/mol. The lowest BCUT2D eigenvalue weighted by Crippen LogP contribution is -2.25. The summed E-state index contributed by atoms with van der Waals surface area (Å²) in [4.78, 5) is 0. The second kappa shape index (κ2) is 3.56. The van der Waals surface area contributed by atoms with E-state index in [0.717, 1.165) is 25.7 Å². The van der Waals surface area contributed by atoms with Crippen molar-refractivity contribution >= 4 is 6.21 Å². The smallest absolute Gasteiger partial charge is 0.0619 e. The fourth-order valence-electron chi connectivity index (χ4n) is 1.40. The van der Waals surface area contributed by atoms with Gasteiger partial charge in [0.25, 0.3) is 0 Å². The highest BCUT2D eigenvalue weighted by atomic mass is 16.4. The highest BCUT2D eigenvalue weighted by Crippen LogP contribution is 2.22. The Hall–Kier alpha value is -0.570. The first kappa shape index (κ1) is 7.54. The topological polar surface area (TPSA) is 52.8 Å². The third kappa shape index (κ3) is 1.70. The first-order valence-electron chi connectivity index (χ1n) is 3.70. The highest BCUT2D eigenvalue weighted by Gasteiger charge is 2.20. The average molecular weight is 143 g/mol. The van der Waals surface area contributed by atoms with Crippen molar-refractivity contribution in [3.8, 4) is 0 Å². The van der Waals surface area contributed by atoms with Gasteiger partial charge in [0.2, 0.25) is 0 Å². The number of hydrogen-bond donors (Lipinski definition) is 2. The largest absolute Gasteiger partial charge is 0.411 e. The predicted octanol–water partition coefficient (Wildman–Crippen LogP) is 0.998. The van der Waals surface area contributed by atoms with Crippen molar-refractivity contribution in [2.75, 3.05) is 0 Å². The van der Waals surface area contributed by atoms with Crippen LogP contribution in [0.5, 0.6) is 0 Å². The highest BCUT2D eigenvalue weighted by molar-refractivity contribution is 5.60. The van der Waals surface area contributed by atoms with E-state index >= 15 is 0 Å². The summed E-state index contributed by atoms with van der Waals surface area (Å²) < 4.78 is 0. The van der Waals surface area contributed by atoms with Crippen molar-refractivity contribution in [3.05, 3.63) is 0 Å². The van der Waals surface area contributed by atoms with Crippen LogP contribution in [0.1, 0.15) is 25.7 Å². The molecule has 0 aromatic heterocycles. The molecule has 1 fully saturated rings. The van der Waals surface area contributed by atoms with E-state index < -0.39 is 0 Å². The maximum Gasteiger partial charge on any atom is 0.0619 e. The van der Waals surface area contributed by atoms with Gasteiger partial charge in [-0.2, -0.15) is 0 Å². The molecule has 0 spiro atoms. The Bertz CT molecular complexity index is 125. The van der Waals surface area contributed by atoms with Gasteiger partial charge in [-0.1, -0.05) is 12.8 Å². The molecule has 2 unspecified atom stereocenters. The number of nitrogens with zero attached hydrogens (tertiary/aromatic N) is 1. The van der Waals surface area contributed by atoms with Crippen LogP contribution >= 0.6 is 0 Å². The molecular formula is C7H13NO2. The summed E-state index contributed by atoms with van der Waals surface area (Å²) in [5.41, 5.74) is 0. The molecule has 0 aliphatic heterocycles. The van der Waals surface area contributed by atoms with Crippen LogP contribution in [-0.4, -0.2) is 22.6 Å². The Morgan fingerprint density at radius 3 is 2.60 bits per heavy atom. The first-order valence-corrected chi connectivity index (χ1v) is 3.70. The Morgan fingerprint density at radius 2 is 2.00 bits per heavy atom. The van der Waals surface area contributed by atoms with Crippen molar-refractivity contribution < 1.29 is 10.3 Å². The minimum absolute atomic E-state index is 0.0822. The fourth-order valence-corrected chi connectivity index (χ4v) is 1.40. The molecule has 0 aromatic carbocycles. The van der Waals surface area contributed by atoms with Crippen molar-refractivity contribution in [1.82, 2.24) is 0 Å². The number of aliphatic hydroxyl groups is 1. The molecule has 10 heavy (non-hydrogen) atoms. The van der Waals surface area contributed by atoms with Gasteiger partial charge in [0, 0.05) is 12.1 Å².